The van der Waals surface area contributed by atoms with Gasteiger partial charge in [-0.25, -0.2) is 14.8 Å². The minimum absolute atomic E-state index is 0.104. The Bertz CT molecular complexity index is 894. The molecular weight excluding hydrogens is 394 g/mol. The fraction of sp³-hybridized carbons (Fsp3) is 0.625. The number of rotatable bonds is 8. The maximum atomic E-state index is 12.1. The van der Waals surface area contributed by atoms with Gasteiger partial charge in [0.05, 0.1) is 25.1 Å². The highest BCUT2D eigenvalue weighted by Crippen LogP contribution is 2.29. The number of likely N-dealkylation sites (tertiary alicyclic amines) is 1. The second-order valence-corrected chi connectivity index (χ2v) is 9.11. The first-order valence-corrected chi connectivity index (χ1v) is 11.2. The van der Waals surface area contributed by atoms with Crippen LogP contribution in [0.1, 0.15) is 57.7 Å². The van der Waals surface area contributed by atoms with Crippen molar-refractivity contribution in [2.45, 2.75) is 71.5 Å². The molecule has 3 rings (SSSR count). The molecule has 1 saturated heterocycles. The quantitative estimate of drug-likeness (QED) is 0.567. The third-order valence-corrected chi connectivity index (χ3v) is 5.46. The van der Waals surface area contributed by atoms with E-state index in [1.165, 1.54) is 0 Å². The number of carbonyl (C=O) groups excluding carboxylic acids is 1. The molecule has 1 atom stereocenters. The summed E-state index contributed by atoms with van der Waals surface area (Å²) >= 11 is 0. The van der Waals surface area contributed by atoms with Crippen molar-refractivity contribution in [1.82, 2.24) is 14.9 Å². The van der Waals surface area contributed by atoms with Crippen molar-refractivity contribution in [2.75, 3.05) is 26.8 Å². The molecule has 0 N–H and O–H groups in total. The summed E-state index contributed by atoms with van der Waals surface area (Å²) in [5, 5.41) is 0.955. The summed E-state index contributed by atoms with van der Waals surface area (Å²) in [6, 6.07) is 3.90. The normalized spacial score (nSPS) is 16.7. The Labute approximate surface area is 185 Å². The number of aryl methyl sites for hydroxylation is 1. The van der Waals surface area contributed by atoms with Crippen molar-refractivity contribution in [3.63, 3.8) is 0 Å². The van der Waals surface area contributed by atoms with E-state index in [1.54, 1.807) is 18.2 Å². The fourth-order valence-electron chi connectivity index (χ4n) is 3.89. The van der Waals surface area contributed by atoms with Crippen LogP contribution in [0.2, 0.25) is 0 Å². The second-order valence-electron chi connectivity index (χ2n) is 9.11. The van der Waals surface area contributed by atoms with Gasteiger partial charge in [0.15, 0.2) is 5.65 Å². The Balaban J connectivity index is 1.39. The monoisotopic (exact) mass is 429 g/mol. The van der Waals surface area contributed by atoms with Gasteiger partial charge < -0.3 is 19.1 Å². The number of aromatic nitrogens is 2. The molecular formula is C24H35N3O4. The molecule has 1 amide bonds. The van der Waals surface area contributed by atoms with Gasteiger partial charge in [-0.1, -0.05) is 6.42 Å². The largest absolute Gasteiger partial charge is 0.496 e. The van der Waals surface area contributed by atoms with Gasteiger partial charge in [-0.15, -0.1) is 0 Å². The van der Waals surface area contributed by atoms with Crippen LogP contribution >= 0.6 is 0 Å². The summed E-state index contributed by atoms with van der Waals surface area (Å²) in [4.78, 5) is 23.0. The lowest BCUT2D eigenvalue weighted by molar-refractivity contribution is 0.0206. The lowest BCUT2D eigenvalue weighted by atomic mass is 10.1. The lowest BCUT2D eigenvalue weighted by Crippen LogP contribution is -2.36. The van der Waals surface area contributed by atoms with Crippen LogP contribution in [0.5, 0.6) is 5.75 Å². The van der Waals surface area contributed by atoms with Gasteiger partial charge in [0.1, 0.15) is 11.4 Å². The van der Waals surface area contributed by atoms with Crippen molar-refractivity contribution in [1.29, 1.82) is 0 Å². The van der Waals surface area contributed by atoms with Crippen LogP contribution in [0, 0.1) is 6.92 Å². The number of hydrogen-bond donors (Lipinski definition) is 0. The Morgan fingerprint density at radius 3 is 2.81 bits per heavy atom. The minimum Gasteiger partial charge on any atom is -0.496 e. The molecule has 0 radical (unpaired) electrons. The smallest absolute Gasteiger partial charge is 0.410 e. The van der Waals surface area contributed by atoms with Gasteiger partial charge in [0.25, 0.3) is 0 Å². The van der Waals surface area contributed by atoms with E-state index in [4.69, 9.17) is 19.2 Å². The number of fused-ring (bicyclic) bond motifs is 1. The number of unbranched alkanes of at least 4 members (excludes halogenated alkanes) is 2. The molecule has 1 aliphatic rings. The standard InChI is InChI=1S/C24H35N3O4/c1-17-20(26-22-19(21(17)29-5)10-9-13-25-22)11-7-6-8-15-30-18-12-14-27(16-18)23(28)31-24(2,3)4/h9-10,13,18H,6-8,11-12,14-16H2,1-5H3/t18-/m1/s1. The maximum absolute atomic E-state index is 12.1. The molecule has 3 heterocycles. The average Bonchev–Trinajstić information content (AvgIpc) is 3.19. The number of pyridine rings is 2. The fourth-order valence-corrected chi connectivity index (χ4v) is 3.89. The summed E-state index contributed by atoms with van der Waals surface area (Å²) in [6.45, 7) is 9.74. The van der Waals surface area contributed by atoms with Gasteiger partial charge in [-0.05, 0) is 65.5 Å². The van der Waals surface area contributed by atoms with Crippen LogP contribution in [-0.2, 0) is 15.9 Å². The molecule has 0 aliphatic carbocycles. The molecule has 0 saturated carbocycles. The van der Waals surface area contributed by atoms with E-state index in [1.807, 2.05) is 32.9 Å². The van der Waals surface area contributed by atoms with Gasteiger partial charge >= 0.3 is 6.09 Å². The van der Waals surface area contributed by atoms with E-state index in [0.717, 1.165) is 60.1 Å². The van der Waals surface area contributed by atoms with Crippen LogP contribution in [0.25, 0.3) is 11.0 Å². The lowest BCUT2D eigenvalue weighted by Gasteiger charge is -2.24. The summed E-state index contributed by atoms with van der Waals surface area (Å²) < 4.78 is 17.0. The van der Waals surface area contributed by atoms with Crippen LogP contribution < -0.4 is 4.74 Å². The highest BCUT2D eigenvalue weighted by atomic mass is 16.6. The molecule has 31 heavy (non-hydrogen) atoms. The predicted octanol–water partition coefficient (Wildman–Crippen LogP) is 4.69. The summed E-state index contributed by atoms with van der Waals surface area (Å²) in [6.07, 6.45) is 6.47. The van der Waals surface area contributed by atoms with Crippen molar-refractivity contribution < 1.29 is 19.0 Å². The van der Waals surface area contributed by atoms with Gasteiger partial charge in [-0.3, -0.25) is 0 Å². The average molecular weight is 430 g/mol. The molecule has 1 aliphatic heterocycles. The molecule has 7 heteroatoms. The molecule has 1 fully saturated rings. The number of ether oxygens (including phenoxy) is 3. The number of nitrogens with zero attached hydrogens (tertiary/aromatic N) is 3. The number of amides is 1. The molecule has 0 unspecified atom stereocenters. The van der Waals surface area contributed by atoms with Crippen LogP contribution in [0.3, 0.4) is 0 Å². The molecule has 7 nitrogen and oxygen atoms in total. The first-order valence-electron chi connectivity index (χ1n) is 11.2. The Hall–Kier alpha value is -2.41. The van der Waals surface area contributed by atoms with E-state index >= 15 is 0 Å². The zero-order chi connectivity index (χ0) is 22.4. The van der Waals surface area contributed by atoms with Crippen LogP contribution in [0.15, 0.2) is 18.3 Å². The van der Waals surface area contributed by atoms with Gasteiger partial charge in [0, 0.05) is 30.6 Å². The molecule has 170 valence electrons. The Morgan fingerprint density at radius 2 is 2.06 bits per heavy atom. The van der Waals surface area contributed by atoms with Crippen molar-refractivity contribution in [2.24, 2.45) is 0 Å². The first-order chi connectivity index (χ1) is 14.8. The zero-order valence-corrected chi connectivity index (χ0v) is 19.4. The van der Waals surface area contributed by atoms with Crippen molar-refractivity contribution >= 4 is 17.1 Å². The summed E-state index contributed by atoms with van der Waals surface area (Å²) in [5.74, 6) is 0.868. The van der Waals surface area contributed by atoms with E-state index in [2.05, 4.69) is 11.9 Å². The minimum atomic E-state index is -0.464. The number of hydrogen-bond acceptors (Lipinski definition) is 6. The second kappa shape index (κ2) is 10.3. The van der Waals surface area contributed by atoms with E-state index in [9.17, 15) is 4.79 Å². The van der Waals surface area contributed by atoms with Crippen LogP contribution in [-0.4, -0.2) is 59.5 Å². The Morgan fingerprint density at radius 1 is 1.26 bits per heavy atom. The third-order valence-electron chi connectivity index (χ3n) is 5.46. The highest BCUT2D eigenvalue weighted by molar-refractivity contribution is 5.83. The first kappa shape index (κ1) is 23.3. The van der Waals surface area contributed by atoms with Crippen molar-refractivity contribution in [3.05, 3.63) is 29.6 Å². The molecule has 2 aromatic heterocycles. The third kappa shape index (κ3) is 6.29. The SMILES string of the molecule is COc1c(C)c(CCCCCO[C@@H]2CCN(C(=O)OC(C)(C)C)C2)nc2ncccc12. The topological polar surface area (TPSA) is 73.8 Å². The molecule has 0 spiro atoms. The summed E-state index contributed by atoms with van der Waals surface area (Å²) in [5.41, 5.74) is 2.41. The number of methoxy groups -OCH3 is 1. The highest BCUT2D eigenvalue weighted by Gasteiger charge is 2.30. The predicted molar refractivity (Wildman–Crippen MR) is 121 cm³/mol. The molecule has 0 aromatic carbocycles. The van der Waals surface area contributed by atoms with E-state index in [0.29, 0.717) is 19.7 Å². The van der Waals surface area contributed by atoms with Crippen molar-refractivity contribution in [3.8, 4) is 5.75 Å². The molecule has 2 aromatic rings. The van der Waals surface area contributed by atoms with Crippen LogP contribution in [0.4, 0.5) is 4.79 Å². The molecule has 0 bridgehead atoms. The van der Waals surface area contributed by atoms with E-state index < -0.39 is 5.60 Å². The zero-order valence-electron chi connectivity index (χ0n) is 19.4. The van der Waals surface area contributed by atoms with Gasteiger partial charge in [-0.2, -0.15) is 0 Å². The summed E-state index contributed by atoms with van der Waals surface area (Å²) in [7, 11) is 1.70. The number of carbonyl (C=O) groups is 1. The van der Waals surface area contributed by atoms with Gasteiger partial charge in [0.2, 0.25) is 0 Å². The maximum Gasteiger partial charge on any atom is 0.410 e. The van der Waals surface area contributed by atoms with E-state index in [-0.39, 0.29) is 12.2 Å². The Kier molecular flexibility index (Phi) is 7.70.